The highest BCUT2D eigenvalue weighted by Gasteiger charge is 2.28. The maximum atomic E-state index is 12.2. The maximum absolute atomic E-state index is 12.2. The molecule has 1 aromatic rings. The highest BCUT2D eigenvalue weighted by atomic mass is 32.2. The monoisotopic (exact) mass is 300 g/mol. The van der Waals surface area contributed by atoms with Crippen LogP contribution >= 0.6 is 0 Å². The van der Waals surface area contributed by atoms with Crippen LogP contribution in [0.5, 0.6) is 0 Å². The van der Waals surface area contributed by atoms with Gasteiger partial charge in [0.1, 0.15) is 0 Å². The number of hydrogen-bond acceptors (Lipinski definition) is 4. The fourth-order valence-electron chi connectivity index (χ4n) is 1.93. The average molecular weight is 300 g/mol. The average Bonchev–Trinajstić information content (AvgIpc) is 2.30. The second-order valence-corrected chi connectivity index (χ2v) is 7.76. The molecule has 0 fully saturated rings. The van der Waals surface area contributed by atoms with Gasteiger partial charge in [0.05, 0.1) is 5.75 Å². The summed E-state index contributed by atoms with van der Waals surface area (Å²) in [7, 11) is -3.50. The molecule has 0 saturated heterocycles. The lowest BCUT2D eigenvalue weighted by Gasteiger charge is -2.30. The zero-order valence-corrected chi connectivity index (χ0v) is 13.1. The highest BCUT2D eigenvalue weighted by molar-refractivity contribution is 7.88. The molecule has 0 spiro atoms. The number of para-hydroxylation sites is 1. The van der Waals surface area contributed by atoms with E-state index in [1.54, 1.807) is 24.3 Å². The first-order valence-electron chi connectivity index (χ1n) is 6.60. The van der Waals surface area contributed by atoms with Gasteiger partial charge in [0.15, 0.2) is 0 Å². The molecule has 5 nitrogen and oxygen atoms in total. The van der Waals surface area contributed by atoms with E-state index in [9.17, 15) is 8.42 Å². The van der Waals surface area contributed by atoms with E-state index in [1.807, 2.05) is 20.8 Å². The van der Waals surface area contributed by atoms with Gasteiger partial charge in [-0.1, -0.05) is 39.0 Å². The van der Waals surface area contributed by atoms with Crippen molar-refractivity contribution in [2.45, 2.75) is 39.0 Å². The summed E-state index contributed by atoms with van der Waals surface area (Å²) in [6.07, 6.45) is 0.382. The minimum atomic E-state index is -3.50. The third kappa shape index (κ3) is 5.11. The first-order valence-corrected chi connectivity index (χ1v) is 8.25. The number of aliphatic hydroxyl groups is 1. The molecule has 1 unspecified atom stereocenters. The summed E-state index contributed by atoms with van der Waals surface area (Å²) in [4.78, 5) is 0. The SMILES string of the molecule is CC(C)(C)C(CCO)NS(=O)(=O)Cc1ccccc1N. The Morgan fingerprint density at radius 3 is 2.40 bits per heavy atom. The molecular formula is C14H24N2O3S. The van der Waals surface area contributed by atoms with Crippen molar-refractivity contribution in [1.82, 2.24) is 4.72 Å². The van der Waals surface area contributed by atoms with E-state index in [4.69, 9.17) is 10.8 Å². The summed E-state index contributed by atoms with van der Waals surface area (Å²) >= 11 is 0. The topological polar surface area (TPSA) is 92.4 Å². The van der Waals surface area contributed by atoms with Gasteiger partial charge in [-0.25, -0.2) is 13.1 Å². The lowest BCUT2D eigenvalue weighted by Crippen LogP contribution is -2.44. The quantitative estimate of drug-likeness (QED) is 0.694. The van der Waals surface area contributed by atoms with Crippen LogP contribution in [0.3, 0.4) is 0 Å². The number of sulfonamides is 1. The Morgan fingerprint density at radius 2 is 1.90 bits per heavy atom. The minimum absolute atomic E-state index is 0.0576. The van der Waals surface area contributed by atoms with Crippen LogP contribution in [0.4, 0.5) is 5.69 Å². The van der Waals surface area contributed by atoms with Crippen molar-refractivity contribution in [3.8, 4) is 0 Å². The summed E-state index contributed by atoms with van der Waals surface area (Å²) < 4.78 is 27.1. The minimum Gasteiger partial charge on any atom is -0.398 e. The standard InChI is InChI=1S/C14H24N2O3S/c1-14(2,3)13(8-9-17)16-20(18,19)10-11-6-4-5-7-12(11)15/h4-7,13,16-17H,8-10,15H2,1-3H3. The van der Waals surface area contributed by atoms with Gasteiger partial charge in [-0.05, 0) is 23.5 Å². The highest BCUT2D eigenvalue weighted by Crippen LogP contribution is 2.23. The molecule has 0 heterocycles. The number of nitrogens with two attached hydrogens (primary N) is 1. The zero-order valence-electron chi connectivity index (χ0n) is 12.3. The lowest BCUT2D eigenvalue weighted by atomic mass is 9.86. The molecule has 20 heavy (non-hydrogen) atoms. The summed E-state index contributed by atoms with van der Waals surface area (Å²) in [6, 6.07) is 6.59. The number of hydrogen-bond donors (Lipinski definition) is 3. The molecule has 0 saturated carbocycles. The van der Waals surface area contributed by atoms with E-state index in [0.29, 0.717) is 17.7 Å². The third-order valence-corrected chi connectivity index (χ3v) is 4.52. The summed E-state index contributed by atoms with van der Waals surface area (Å²) in [5, 5.41) is 9.08. The largest absolute Gasteiger partial charge is 0.398 e. The van der Waals surface area contributed by atoms with Crippen LogP contribution in [-0.2, 0) is 15.8 Å². The molecule has 1 aromatic carbocycles. The van der Waals surface area contributed by atoms with Crippen LogP contribution in [0.2, 0.25) is 0 Å². The van der Waals surface area contributed by atoms with E-state index < -0.39 is 10.0 Å². The van der Waals surface area contributed by atoms with E-state index in [2.05, 4.69) is 4.72 Å². The molecule has 0 radical (unpaired) electrons. The van der Waals surface area contributed by atoms with E-state index in [0.717, 1.165) is 0 Å². The van der Waals surface area contributed by atoms with E-state index in [-0.39, 0.29) is 23.8 Å². The van der Waals surface area contributed by atoms with Crippen molar-refractivity contribution in [3.05, 3.63) is 29.8 Å². The van der Waals surface area contributed by atoms with Gasteiger partial charge in [-0.3, -0.25) is 0 Å². The molecule has 1 rings (SSSR count). The van der Waals surface area contributed by atoms with Gasteiger partial charge in [-0.15, -0.1) is 0 Å². The first-order chi connectivity index (χ1) is 9.15. The number of anilines is 1. The lowest BCUT2D eigenvalue weighted by molar-refractivity contribution is 0.214. The second-order valence-electron chi connectivity index (χ2n) is 6.01. The predicted molar refractivity (Wildman–Crippen MR) is 81.6 cm³/mol. The molecule has 0 amide bonds. The van der Waals surface area contributed by atoms with Crippen LogP contribution in [0, 0.1) is 5.41 Å². The second kappa shape index (κ2) is 6.56. The number of nitrogens with one attached hydrogen (secondary N) is 1. The molecule has 4 N–H and O–H groups in total. The summed E-state index contributed by atoms with van der Waals surface area (Å²) in [6.45, 7) is 5.75. The van der Waals surface area contributed by atoms with Crippen molar-refractivity contribution in [2.24, 2.45) is 5.41 Å². The van der Waals surface area contributed by atoms with Gasteiger partial charge in [0.2, 0.25) is 10.0 Å². The van der Waals surface area contributed by atoms with E-state index in [1.165, 1.54) is 0 Å². The molecule has 0 aliphatic carbocycles. The van der Waals surface area contributed by atoms with Crippen LogP contribution in [0.1, 0.15) is 32.8 Å². The Kier molecular flexibility index (Phi) is 5.56. The molecule has 0 bridgehead atoms. The van der Waals surface area contributed by atoms with E-state index >= 15 is 0 Å². The van der Waals surface area contributed by atoms with Gasteiger partial charge in [-0.2, -0.15) is 0 Å². The Bertz CT molecular complexity index is 536. The van der Waals surface area contributed by atoms with Crippen molar-refractivity contribution < 1.29 is 13.5 Å². The Balaban J connectivity index is 2.86. The van der Waals surface area contributed by atoms with Crippen molar-refractivity contribution in [3.63, 3.8) is 0 Å². The zero-order chi connectivity index (χ0) is 15.4. The maximum Gasteiger partial charge on any atom is 0.216 e. The number of nitrogen functional groups attached to an aromatic ring is 1. The molecule has 0 aromatic heterocycles. The van der Waals surface area contributed by atoms with Crippen LogP contribution < -0.4 is 10.5 Å². The smallest absolute Gasteiger partial charge is 0.216 e. The molecule has 6 heteroatoms. The number of benzene rings is 1. The van der Waals surface area contributed by atoms with Gasteiger partial charge in [0.25, 0.3) is 0 Å². The fourth-order valence-corrected chi connectivity index (χ4v) is 3.59. The molecule has 0 aliphatic heterocycles. The summed E-state index contributed by atoms with van der Waals surface area (Å²) in [5.41, 5.74) is 6.55. The van der Waals surface area contributed by atoms with Crippen LogP contribution in [0.15, 0.2) is 24.3 Å². The third-order valence-electron chi connectivity index (χ3n) is 3.19. The van der Waals surface area contributed by atoms with Crippen LogP contribution in [0.25, 0.3) is 0 Å². The Labute approximate surface area is 121 Å². The van der Waals surface area contributed by atoms with Crippen molar-refractivity contribution in [2.75, 3.05) is 12.3 Å². The van der Waals surface area contributed by atoms with Gasteiger partial charge >= 0.3 is 0 Å². The van der Waals surface area contributed by atoms with Crippen molar-refractivity contribution in [1.29, 1.82) is 0 Å². The number of aliphatic hydroxyl groups excluding tert-OH is 1. The Hall–Kier alpha value is -1.11. The normalized spacial score (nSPS) is 14.2. The predicted octanol–water partition coefficient (Wildman–Crippen LogP) is 1.49. The Morgan fingerprint density at radius 1 is 1.30 bits per heavy atom. The molecular weight excluding hydrogens is 276 g/mol. The van der Waals surface area contributed by atoms with Gasteiger partial charge < -0.3 is 10.8 Å². The number of rotatable bonds is 6. The molecule has 0 aliphatic rings. The van der Waals surface area contributed by atoms with Gasteiger partial charge in [0, 0.05) is 18.3 Å². The summed E-state index contributed by atoms with van der Waals surface area (Å²) in [5.74, 6) is -0.155. The van der Waals surface area contributed by atoms with Crippen LogP contribution in [-0.4, -0.2) is 26.2 Å². The van der Waals surface area contributed by atoms with Crippen molar-refractivity contribution >= 4 is 15.7 Å². The fraction of sp³-hybridized carbons (Fsp3) is 0.571. The first kappa shape index (κ1) is 16.9. The molecule has 114 valence electrons. The molecule has 1 atom stereocenters.